The molecule has 0 bridgehead atoms. The monoisotopic (exact) mass is 274 g/mol. The molecular weight excluding hydrogens is 244 g/mol. The molecule has 1 aliphatic rings. The first-order valence-electron chi connectivity index (χ1n) is 8.27. The van der Waals surface area contributed by atoms with Gasteiger partial charge in [-0.05, 0) is 44.3 Å². The second-order valence-corrected chi connectivity index (χ2v) is 6.36. The third-order valence-corrected chi connectivity index (χ3v) is 4.24. The van der Waals surface area contributed by atoms with Gasteiger partial charge in [-0.1, -0.05) is 50.6 Å². The minimum Gasteiger partial charge on any atom is -0.315 e. The summed E-state index contributed by atoms with van der Waals surface area (Å²) >= 11 is 0. The van der Waals surface area contributed by atoms with Crippen molar-refractivity contribution in [2.24, 2.45) is 0 Å². The van der Waals surface area contributed by atoms with Crippen LogP contribution < -0.4 is 5.32 Å². The molecule has 112 valence electrons. The first kappa shape index (κ1) is 15.5. The molecule has 0 unspecified atom stereocenters. The average Bonchev–Trinajstić information content (AvgIpc) is 2.46. The smallest absolute Gasteiger partial charge is 0.0236 e. The standard InChI is InChI=1S/C18H30N2/c1-16(2)19-13-8-12-18-11-6-7-14-20(18)15-17-9-4-3-5-10-17/h3-5,9-10,16,18-19H,6-8,11-15H2,1-2H3/t18-/m0/s1. The maximum Gasteiger partial charge on any atom is 0.0236 e. The van der Waals surface area contributed by atoms with Crippen molar-refractivity contribution in [2.45, 2.75) is 64.6 Å². The maximum absolute atomic E-state index is 3.53. The minimum atomic E-state index is 0.613. The SMILES string of the molecule is CC(C)NCCC[C@@H]1CCCCN1Cc1ccccc1. The summed E-state index contributed by atoms with van der Waals surface area (Å²) in [5.74, 6) is 0. The van der Waals surface area contributed by atoms with Crippen molar-refractivity contribution in [1.82, 2.24) is 10.2 Å². The Kier molecular flexibility index (Phi) is 6.55. The molecule has 0 aromatic heterocycles. The largest absolute Gasteiger partial charge is 0.315 e. The summed E-state index contributed by atoms with van der Waals surface area (Å²) in [5.41, 5.74) is 1.46. The Morgan fingerprint density at radius 3 is 2.75 bits per heavy atom. The van der Waals surface area contributed by atoms with Gasteiger partial charge in [-0.3, -0.25) is 4.90 Å². The van der Waals surface area contributed by atoms with Crippen molar-refractivity contribution in [3.05, 3.63) is 35.9 Å². The third-order valence-electron chi connectivity index (χ3n) is 4.24. The second-order valence-electron chi connectivity index (χ2n) is 6.36. The van der Waals surface area contributed by atoms with Crippen molar-refractivity contribution >= 4 is 0 Å². The fourth-order valence-electron chi connectivity index (χ4n) is 3.14. The Morgan fingerprint density at radius 1 is 1.20 bits per heavy atom. The average molecular weight is 274 g/mol. The zero-order valence-electron chi connectivity index (χ0n) is 13.1. The van der Waals surface area contributed by atoms with Crippen LogP contribution in [0.2, 0.25) is 0 Å². The highest BCUT2D eigenvalue weighted by molar-refractivity contribution is 5.14. The molecule has 1 atom stereocenters. The topological polar surface area (TPSA) is 15.3 Å². The summed E-state index contributed by atoms with van der Waals surface area (Å²) in [7, 11) is 0. The van der Waals surface area contributed by atoms with Gasteiger partial charge in [0.15, 0.2) is 0 Å². The zero-order valence-corrected chi connectivity index (χ0v) is 13.1. The first-order chi connectivity index (χ1) is 9.75. The predicted molar refractivity (Wildman–Crippen MR) is 86.9 cm³/mol. The van der Waals surface area contributed by atoms with E-state index in [4.69, 9.17) is 0 Å². The van der Waals surface area contributed by atoms with E-state index in [0.717, 1.165) is 19.1 Å². The number of hydrogen-bond acceptors (Lipinski definition) is 2. The van der Waals surface area contributed by atoms with Crippen molar-refractivity contribution in [2.75, 3.05) is 13.1 Å². The summed E-state index contributed by atoms with van der Waals surface area (Å²) in [6, 6.07) is 12.3. The Morgan fingerprint density at radius 2 is 2.00 bits per heavy atom. The molecule has 2 rings (SSSR count). The lowest BCUT2D eigenvalue weighted by atomic mass is 9.97. The first-order valence-corrected chi connectivity index (χ1v) is 8.27. The number of likely N-dealkylation sites (tertiary alicyclic amines) is 1. The van der Waals surface area contributed by atoms with Crippen molar-refractivity contribution < 1.29 is 0 Å². The lowest BCUT2D eigenvalue weighted by molar-refractivity contribution is 0.130. The maximum atomic E-state index is 3.53. The van der Waals surface area contributed by atoms with E-state index in [9.17, 15) is 0 Å². The van der Waals surface area contributed by atoms with Gasteiger partial charge in [-0.15, -0.1) is 0 Å². The number of hydrogen-bond donors (Lipinski definition) is 1. The van der Waals surface area contributed by atoms with Gasteiger partial charge < -0.3 is 5.32 Å². The molecule has 1 aromatic carbocycles. The lowest BCUT2D eigenvalue weighted by Crippen LogP contribution is -2.39. The highest BCUT2D eigenvalue weighted by Crippen LogP contribution is 2.22. The second kappa shape index (κ2) is 8.43. The van der Waals surface area contributed by atoms with Crippen LogP contribution >= 0.6 is 0 Å². The molecule has 1 heterocycles. The van der Waals surface area contributed by atoms with E-state index in [2.05, 4.69) is 54.4 Å². The van der Waals surface area contributed by atoms with Crippen LogP contribution in [-0.4, -0.2) is 30.1 Å². The molecule has 2 heteroatoms. The van der Waals surface area contributed by atoms with Crippen molar-refractivity contribution in [1.29, 1.82) is 0 Å². The summed E-state index contributed by atoms with van der Waals surface area (Å²) < 4.78 is 0. The van der Waals surface area contributed by atoms with E-state index < -0.39 is 0 Å². The summed E-state index contributed by atoms with van der Waals surface area (Å²) in [6.07, 6.45) is 6.80. The summed E-state index contributed by atoms with van der Waals surface area (Å²) in [6.45, 7) is 8.01. The molecule has 0 amide bonds. The van der Waals surface area contributed by atoms with E-state index >= 15 is 0 Å². The molecule has 2 nitrogen and oxygen atoms in total. The molecular formula is C18H30N2. The van der Waals surface area contributed by atoms with Crippen LogP contribution in [0, 0.1) is 0 Å². The van der Waals surface area contributed by atoms with Crippen molar-refractivity contribution in [3.8, 4) is 0 Å². The van der Waals surface area contributed by atoms with E-state index in [0.29, 0.717) is 6.04 Å². The number of nitrogens with zero attached hydrogens (tertiary/aromatic N) is 1. The predicted octanol–water partition coefficient (Wildman–Crippen LogP) is 3.82. The minimum absolute atomic E-state index is 0.613. The van der Waals surface area contributed by atoms with Gasteiger partial charge >= 0.3 is 0 Å². The Hall–Kier alpha value is -0.860. The molecule has 1 aromatic rings. The third kappa shape index (κ3) is 5.26. The molecule has 1 saturated heterocycles. The van der Waals surface area contributed by atoms with E-state index in [1.54, 1.807) is 0 Å². The van der Waals surface area contributed by atoms with Crippen LogP contribution in [0.5, 0.6) is 0 Å². The zero-order chi connectivity index (χ0) is 14.2. The molecule has 0 aliphatic carbocycles. The Balaban J connectivity index is 1.79. The molecule has 0 spiro atoms. The van der Waals surface area contributed by atoms with Crippen LogP contribution in [0.4, 0.5) is 0 Å². The number of piperidine rings is 1. The normalized spacial score (nSPS) is 20.4. The van der Waals surface area contributed by atoms with Gasteiger partial charge in [0.1, 0.15) is 0 Å². The number of nitrogens with one attached hydrogen (secondary N) is 1. The van der Waals surface area contributed by atoms with Gasteiger partial charge in [0.25, 0.3) is 0 Å². The Labute approximate surface area is 124 Å². The fourth-order valence-corrected chi connectivity index (χ4v) is 3.14. The molecule has 1 aliphatic heterocycles. The highest BCUT2D eigenvalue weighted by Gasteiger charge is 2.21. The van der Waals surface area contributed by atoms with Gasteiger partial charge in [-0.25, -0.2) is 0 Å². The van der Waals surface area contributed by atoms with Crippen LogP contribution in [0.15, 0.2) is 30.3 Å². The van der Waals surface area contributed by atoms with E-state index in [1.807, 2.05) is 0 Å². The fraction of sp³-hybridized carbons (Fsp3) is 0.667. The van der Waals surface area contributed by atoms with Gasteiger partial charge in [0.05, 0.1) is 0 Å². The van der Waals surface area contributed by atoms with Gasteiger partial charge in [-0.2, -0.15) is 0 Å². The summed E-state index contributed by atoms with van der Waals surface area (Å²) in [5, 5.41) is 3.53. The van der Waals surface area contributed by atoms with Crippen LogP contribution in [-0.2, 0) is 6.54 Å². The van der Waals surface area contributed by atoms with Crippen LogP contribution in [0.3, 0.4) is 0 Å². The lowest BCUT2D eigenvalue weighted by Gasteiger charge is -2.36. The number of benzene rings is 1. The van der Waals surface area contributed by atoms with Crippen molar-refractivity contribution in [3.63, 3.8) is 0 Å². The quantitative estimate of drug-likeness (QED) is 0.760. The van der Waals surface area contributed by atoms with Gasteiger partial charge in [0.2, 0.25) is 0 Å². The van der Waals surface area contributed by atoms with Crippen LogP contribution in [0.1, 0.15) is 51.5 Å². The number of rotatable bonds is 7. The summed E-state index contributed by atoms with van der Waals surface area (Å²) in [4.78, 5) is 2.70. The molecule has 1 fully saturated rings. The molecule has 0 radical (unpaired) electrons. The van der Waals surface area contributed by atoms with Crippen LogP contribution in [0.25, 0.3) is 0 Å². The Bertz CT molecular complexity index is 361. The van der Waals surface area contributed by atoms with E-state index in [1.165, 1.54) is 44.2 Å². The molecule has 0 saturated carbocycles. The highest BCUT2D eigenvalue weighted by atomic mass is 15.2. The molecule has 1 N–H and O–H groups in total. The molecule has 20 heavy (non-hydrogen) atoms. The van der Waals surface area contributed by atoms with E-state index in [-0.39, 0.29) is 0 Å². The van der Waals surface area contributed by atoms with Gasteiger partial charge in [0, 0.05) is 18.6 Å².